The van der Waals surface area contributed by atoms with E-state index in [0.717, 1.165) is 5.56 Å². The van der Waals surface area contributed by atoms with Gasteiger partial charge in [-0.2, -0.15) is 0 Å². The summed E-state index contributed by atoms with van der Waals surface area (Å²) in [7, 11) is 0. The number of carbonyl (C=O) groups excluding carboxylic acids is 2. The van der Waals surface area contributed by atoms with Gasteiger partial charge in [-0.05, 0) is 51.8 Å². The summed E-state index contributed by atoms with van der Waals surface area (Å²) in [6.45, 7) is 0. The van der Waals surface area contributed by atoms with Crippen LogP contribution in [0.25, 0.3) is 0 Å². The fourth-order valence-corrected chi connectivity index (χ4v) is 3.19. The highest BCUT2D eigenvalue weighted by Gasteiger charge is 2.22. The number of amides is 2. The van der Waals surface area contributed by atoms with Crippen molar-refractivity contribution in [1.29, 1.82) is 0 Å². The fourth-order valence-electron chi connectivity index (χ4n) is 2.69. The zero-order valence-electron chi connectivity index (χ0n) is 14.9. The quantitative estimate of drug-likeness (QED) is 0.542. The second-order valence-electron chi connectivity index (χ2n) is 6.20. The molecule has 6 heteroatoms. The van der Waals surface area contributed by atoms with Gasteiger partial charge in [0.2, 0.25) is 5.91 Å². The average molecular weight is 458 g/mol. The van der Waals surface area contributed by atoms with Crippen LogP contribution >= 0.6 is 27.5 Å². The van der Waals surface area contributed by atoms with Crippen molar-refractivity contribution in [1.82, 2.24) is 5.32 Å². The number of carbonyl (C=O) groups is 2. The Labute approximate surface area is 177 Å². The van der Waals surface area contributed by atoms with Crippen LogP contribution in [0.5, 0.6) is 0 Å². The third-order valence-corrected chi connectivity index (χ3v) is 5.34. The van der Waals surface area contributed by atoms with E-state index in [0.29, 0.717) is 27.2 Å². The van der Waals surface area contributed by atoms with Gasteiger partial charge in [0.25, 0.3) is 5.91 Å². The van der Waals surface area contributed by atoms with Crippen molar-refractivity contribution in [3.63, 3.8) is 0 Å². The van der Waals surface area contributed by atoms with E-state index in [4.69, 9.17) is 11.6 Å². The Bertz CT molecular complexity index is 965. The SMILES string of the molecule is O=C(N[C@@H](Cc1ccccc1)C(=O)Nc1ccc(Cl)c(Br)c1)c1ccccc1. The molecular formula is C22H18BrClN2O2. The number of hydrogen-bond acceptors (Lipinski definition) is 2. The predicted octanol–water partition coefficient (Wildman–Crippen LogP) is 5.08. The molecule has 0 aliphatic heterocycles. The number of anilines is 1. The maximum absolute atomic E-state index is 12.9. The summed E-state index contributed by atoms with van der Waals surface area (Å²) in [6, 6.07) is 22.8. The summed E-state index contributed by atoms with van der Waals surface area (Å²) in [5.41, 5.74) is 2.05. The molecule has 3 aromatic rings. The number of benzene rings is 3. The maximum Gasteiger partial charge on any atom is 0.251 e. The molecule has 3 aromatic carbocycles. The van der Waals surface area contributed by atoms with Gasteiger partial charge in [0.05, 0.1) is 5.02 Å². The Balaban J connectivity index is 1.79. The zero-order chi connectivity index (χ0) is 19.9. The van der Waals surface area contributed by atoms with Crippen LogP contribution in [0.3, 0.4) is 0 Å². The first-order chi connectivity index (χ1) is 13.5. The van der Waals surface area contributed by atoms with E-state index in [2.05, 4.69) is 26.6 Å². The first-order valence-corrected chi connectivity index (χ1v) is 9.86. The molecule has 28 heavy (non-hydrogen) atoms. The second kappa shape index (κ2) is 9.53. The van der Waals surface area contributed by atoms with Crippen LogP contribution in [0.2, 0.25) is 5.02 Å². The molecule has 0 bridgehead atoms. The lowest BCUT2D eigenvalue weighted by Gasteiger charge is -2.19. The van der Waals surface area contributed by atoms with E-state index in [-0.39, 0.29) is 11.8 Å². The van der Waals surface area contributed by atoms with E-state index in [1.54, 1.807) is 42.5 Å². The molecule has 0 radical (unpaired) electrons. The standard InChI is InChI=1S/C22H18BrClN2O2/c23-18-14-17(11-12-19(18)24)25-22(28)20(13-15-7-3-1-4-8-15)26-21(27)16-9-5-2-6-10-16/h1-12,14,20H,13H2,(H,25,28)(H,26,27)/t20-/m0/s1. The summed E-state index contributed by atoms with van der Waals surface area (Å²) in [6.07, 6.45) is 0.375. The van der Waals surface area contributed by atoms with Crippen molar-refractivity contribution in [2.45, 2.75) is 12.5 Å². The summed E-state index contributed by atoms with van der Waals surface area (Å²) >= 11 is 9.35. The number of hydrogen-bond donors (Lipinski definition) is 2. The molecule has 1 atom stereocenters. The molecule has 0 unspecified atom stereocenters. The van der Waals surface area contributed by atoms with Crippen molar-refractivity contribution in [2.24, 2.45) is 0 Å². The van der Waals surface area contributed by atoms with E-state index in [1.807, 2.05) is 36.4 Å². The Kier molecular flexibility index (Phi) is 6.85. The number of nitrogens with one attached hydrogen (secondary N) is 2. The first kappa shape index (κ1) is 20.1. The minimum atomic E-state index is -0.732. The van der Waals surface area contributed by atoms with Gasteiger partial charge >= 0.3 is 0 Å². The highest BCUT2D eigenvalue weighted by molar-refractivity contribution is 9.10. The molecule has 0 saturated heterocycles. The van der Waals surface area contributed by atoms with Crippen LogP contribution in [0, 0.1) is 0 Å². The summed E-state index contributed by atoms with van der Waals surface area (Å²) in [5.74, 6) is -0.601. The minimum Gasteiger partial charge on any atom is -0.340 e. The van der Waals surface area contributed by atoms with E-state index < -0.39 is 6.04 Å². The predicted molar refractivity (Wildman–Crippen MR) is 116 cm³/mol. The molecule has 0 aromatic heterocycles. The van der Waals surface area contributed by atoms with Gasteiger partial charge < -0.3 is 10.6 Å². The highest BCUT2D eigenvalue weighted by Crippen LogP contribution is 2.25. The lowest BCUT2D eigenvalue weighted by atomic mass is 10.0. The number of rotatable bonds is 6. The van der Waals surface area contributed by atoms with Crippen LogP contribution < -0.4 is 10.6 Å². The second-order valence-corrected chi connectivity index (χ2v) is 7.46. The third kappa shape index (κ3) is 5.44. The van der Waals surface area contributed by atoms with Crippen LogP contribution in [-0.2, 0) is 11.2 Å². The molecule has 0 aliphatic carbocycles. The van der Waals surface area contributed by atoms with Crippen LogP contribution in [-0.4, -0.2) is 17.9 Å². The van der Waals surface area contributed by atoms with E-state index in [1.165, 1.54) is 0 Å². The van der Waals surface area contributed by atoms with Crippen LogP contribution in [0.4, 0.5) is 5.69 Å². The lowest BCUT2D eigenvalue weighted by Crippen LogP contribution is -2.45. The molecule has 0 saturated carbocycles. The lowest BCUT2D eigenvalue weighted by molar-refractivity contribution is -0.118. The molecule has 4 nitrogen and oxygen atoms in total. The largest absolute Gasteiger partial charge is 0.340 e. The van der Waals surface area contributed by atoms with Gasteiger partial charge in [-0.15, -0.1) is 0 Å². The molecule has 142 valence electrons. The molecule has 0 spiro atoms. The summed E-state index contributed by atoms with van der Waals surface area (Å²) in [5, 5.41) is 6.24. The molecular weight excluding hydrogens is 440 g/mol. The fraction of sp³-hybridized carbons (Fsp3) is 0.0909. The molecule has 3 rings (SSSR count). The van der Waals surface area contributed by atoms with Crippen molar-refractivity contribution < 1.29 is 9.59 Å². The smallest absolute Gasteiger partial charge is 0.251 e. The van der Waals surface area contributed by atoms with E-state index in [9.17, 15) is 9.59 Å². The van der Waals surface area contributed by atoms with Crippen molar-refractivity contribution >= 4 is 45.0 Å². The van der Waals surface area contributed by atoms with Gasteiger partial charge in [-0.25, -0.2) is 0 Å². The van der Waals surface area contributed by atoms with Gasteiger partial charge in [-0.1, -0.05) is 60.1 Å². The normalized spacial score (nSPS) is 11.5. The Morgan fingerprint density at radius 1 is 0.929 bits per heavy atom. The summed E-state index contributed by atoms with van der Waals surface area (Å²) in [4.78, 5) is 25.5. The average Bonchev–Trinajstić information content (AvgIpc) is 2.71. The van der Waals surface area contributed by atoms with Crippen molar-refractivity contribution in [2.75, 3.05) is 5.32 Å². The van der Waals surface area contributed by atoms with Crippen molar-refractivity contribution in [3.05, 3.63) is 99.5 Å². The van der Waals surface area contributed by atoms with Gasteiger partial charge in [0.1, 0.15) is 6.04 Å². The van der Waals surface area contributed by atoms with Gasteiger partial charge in [0.15, 0.2) is 0 Å². The number of halogens is 2. The Morgan fingerprint density at radius 3 is 2.21 bits per heavy atom. The topological polar surface area (TPSA) is 58.2 Å². The molecule has 2 amide bonds. The monoisotopic (exact) mass is 456 g/mol. The minimum absolute atomic E-state index is 0.297. The molecule has 0 heterocycles. The third-order valence-electron chi connectivity index (χ3n) is 4.13. The molecule has 0 fully saturated rings. The first-order valence-electron chi connectivity index (χ1n) is 8.68. The van der Waals surface area contributed by atoms with E-state index >= 15 is 0 Å². The summed E-state index contributed by atoms with van der Waals surface area (Å²) < 4.78 is 0.680. The van der Waals surface area contributed by atoms with Gasteiger partial charge in [0, 0.05) is 22.1 Å². The van der Waals surface area contributed by atoms with Crippen LogP contribution in [0.15, 0.2) is 83.3 Å². The van der Waals surface area contributed by atoms with Crippen LogP contribution in [0.1, 0.15) is 15.9 Å². The molecule has 2 N–H and O–H groups in total. The Hall–Kier alpha value is -2.63. The zero-order valence-corrected chi connectivity index (χ0v) is 17.2. The van der Waals surface area contributed by atoms with Gasteiger partial charge in [-0.3, -0.25) is 9.59 Å². The maximum atomic E-state index is 12.9. The molecule has 0 aliphatic rings. The highest BCUT2D eigenvalue weighted by atomic mass is 79.9. The Morgan fingerprint density at radius 2 is 1.57 bits per heavy atom. The van der Waals surface area contributed by atoms with Crippen molar-refractivity contribution in [3.8, 4) is 0 Å².